The van der Waals surface area contributed by atoms with Crippen LogP contribution < -0.4 is 10.1 Å². The molecule has 0 aliphatic rings. The van der Waals surface area contributed by atoms with Crippen LogP contribution in [0.2, 0.25) is 10.0 Å². The minimum Gasteiger partial charge on any atom is -0.477 e. The molecule has 136 valence electrons. The van der Waals surface area contributed by atoms with Crippen molar-refractivity contribution in [2.45, 2.75) is 13.0 Å². The molecule has 1 N–H and O–H groups in total. The lowest BCUT2D eigenvalue weighted by Gasteiger charge is -2.16. The van der Waals surface area contributed by atoms with Gasteiger partial charge in [-0.2, -0.15) is 0 Å². The maximum Gasteiger partial charge on any atom is 0.311 e. The van der Waals surface area contributed by atoms with E-state index in [4.69, 9.17) is 27.9 Å². The van der Waals surface area contributed by atoms with E-state index in [1.165, 1.54) is 12.1 Å². The van der Waals surface area contributed by atoms with Gasteiger partial charge in [-0.25, -0.2) is 0 Å². The molecule has 0 heterocycles. The lowest BCUT2D eigenvalue weighted by molar-refractivity contribution is -0.385. The average Bonchev–Trinajstić information content (AvgIpc) is 2.59. The van der Waals surface area contributed by atoms with E-state index in [-0.39, 0.29) is 11.3 Å². The molecule has 0 unspecified atom stereocenters. The third-order valence-corrected chi connectivity index (χ3v) is 4.04. The highest BCUT2D eigenvalue weighted by Crippen LogP contribution is 2.28. The predicted octanol–water partition coefficient (Wildman–Crippen LogP) is 3.97. The van der Waals surface area contributed by atoms with Crippen molar-refractivity contribution in [3.05, 3.63) is 67.7 Å². The smallest absolute Gasteiger partial charge is 0.311 e. The first-order chi connectivity index (χ1) is 12.3. The number of nitrogens with zero attached hydrogens (tertiary/aromatic N) is 1. The van der Waals surface area contributed by atoms with E-state index < -0.39 is 29.2 Å². The van der Waals surface area contributed by atoms with Gasteiger partial charge < -0.3 is 10.1 Å². The number of hydrogen-bond donors (Lipinski definition) is 1. The first kappa shape index (κ1) is 19.7. The number of ether oxygens (including phenoxy) is 1. The number of carbonyl (C=O) groups excluding carboxylic acids is 2. The first-order valence-corrected chi connectivity index (χ1v) is 8.18. The lowest BCUT2D eigenvalue weighted by atomic mass is 10.1. The summed E-state index contributed by atoms with van der Waals surface area (Å²) in [4.78, 5) is 33.1. The Bertz CT molecular complexity index is 857. The van der Waals surface area contributed by atoms with Gasteiger partial charge in [-0.15, -0.1) is 0 Å². The quantitative estimate of drug-likeness (QED) is 0.433. The molecule has 1 amide bonds. The minimum absolute atomic E-state index is 0.104. The van der Waals surface area contributed by atoms with E-state index in [0.717, 1.165) is 6.07 Å². The third kappa shape index (κ3) is 4.93. The molecule has 7 nitrogen and oxygen atoms in total. The van der Waals surface area contributed by atoms with Crippen LogP contribution in [0, 0.1) is 10.1 Å². The monoisotopic (exact) mass is 396 g/mol. The van der Waals surface area contributed by atoms with Gasteiger partial charge in [0.05, 0.1) is 11.0 Å². The Hall–Kier alpha value is -2.64. The summed E-state index contributed by atoms with van der Waals surface area (Å²) in [6.45, 7) is 1.30. The Morgan fingerprint density at radius 1 is 1.31 bits per heavy atom. The molecular weight excluding hydrogens is 383 g/mol. The standard InChI is InChI=1S/C17H14Cl2N2O5/c1-10(13-4-3-12(18)7-14(13)19)20-17(23)9-26-16-5-2-11(8-22)6-15(16)21(24)25/h2-8,10H,9H2,1H3,(H,20,23)/t10-/m1/s1. The van der Waals surface area contributed by atoms with Crippen LogP contribution in [0.3, 0.4) is 0 Å². The van der Waals surface area contributed by atoms with Gasteiger partial charge in [-0.05, 0) is 36.8 Å². The van der Waals surface area contributed by atoms with Crippen molar-refractivity contribution in [2.75, 3.05) is 6.61 Å². The molecule has 2 aromatic rings. The fourth-order valence-electron chi connectivity index (χ4n) is 2.23. The number of carbonyl (C=O) groups is 2. The molecule has 0 saturated heterocycles. The van der Waals surface area contributed by atoms with Crippen LogP contribution in [0.4, 0.5) is 5.69 Å². The number of nitro benzene ring substituents is 1. The number of benzene rings is 2. The Balaban J connectivity index is 2.02. The molecule has 0 aliphatic carbocycles. The average molecular weight is 397 g/mol. The van der Waals surface area contributed by atoms with Gasteiger partial charge in [0, 0.05) is 21.7 Å². The Labute approximate surface area is 159 Å². The third-order valence-electron chi connectivity index (χ3n) is 3.48. The van der Waals surface area contributed by atoms with Crippen LogP contribution in [0.15, 0.2) is 36.4 Å². The Morgan fingerprint density at radius 3 is 2.65 bits per heavy atom. The van der Waals surface area contributed by atoms with Crippen LogP contribution in [0.5, 0.6) is 5.75 Å². The summed E-state index contributed by atoms with van der Waals surface area (Å²) >= 11 is 11.9. The van der Waals surface area contributed by atoms with E-state index in [1.54, 1.807) is 25.1 Å². The molecular formula is C17H14Cl2N2O5. The van der Waals surface area contributed by atoms with Gasteiger partial charge in [0.25, 0.3) is 5.91 Å². The van der Waals surface area contributed by atoms with E-state index >= 15 is 0 Å². The fourth-order valence-corrected chi connectivity index (χ4v) is 2.80. The fraction of sp³-hybridized carbons (Fsp3) is 0.176. The van der Waals surface area contributed by atoms with Crippen molar-refractivity contribution in [3.8, 4) is 5.75 Å². The highest BCUT2D eigenvalue weighted by atomic mass is 35.5. The van der Waals surface area contributed by atoms with E-state index in [1.807, 2.05) is 0 Å². The lowest BCUT2D eigenvalue weighted by Crippen LogP contribution is -2.31. The Kier molecular flexibility index (Phi) is 6.54. The van der Waals surface area contributed by atoms with Crippen molar-refractivity contribution in [1.29, 1.82) is 0 Å². The molecule has 0 saturated carbocycles. The van der Waals surface area contributed by atoms with Gasteiger partial charge >= 0.3 is 5.69 Å². The first-order valence-electron chi connectivity index (χ1n) is 7.42. The topological polar surface area (TPSA) is 98.5 Å². The molecule has 0 aliphatic heterocycles. The maximum atomic E-state index is 12.1. The molecule has 0 fully saturated rings. The molecule has 0 spiro atoms. The number of amides is 1. The summed E-state index contributed by atoms with van der Waals surface area (Å²) in [6, 6.07) is 8.21. The largest absolute Gasteiger partial charge is 0.477 e. The summed E-state index contributed by atoms with van der Waals surface area (Å²) in [5, 5.41) is 14.6. The second-order valence-electron chi connectivity index (χ2n) is 5.35. The summed E-state index contributed by atoms with van der Waals surface area (Å²) in [6.07, 6.45) is 0.487. The SMILES string of the molecule is C[C@@H](NC(=O)COc1ccc(C=O)cc1[N+](=O)[O-])c1ccc(Cl)cc1Cl. The normalized spacial score (nSPS) is 11.5. The zero-order valence-electron chi connectivity index (χ0n) is 13.6. The maximum absolute atomic E-state index is 12.1. The molecule has 0 radical (unpaired) electrons. The second kappa shape index (κ2) is 8.64. The summed E-state index contributed by atoms with van der Waals surface area (Å²) in [5.74, 6) is -0.592. The summed E-state index contributed by atoms with van der Waals surface area (Å²) in [7, 11) is 0. The van der Waals surface area contributed by atoms with Crippen LogP contribution in [0.1, 0.15) is 28.9 Å². The number of rotatable bonds is 7. The molecule has 2 rings (SSSR count). The summed E-state index contributed by atoms with van der Waals surface area (Å²) < 4.78 is 5.22. The molecule has 26 heavy (non-hydrogen) atoms. The molecule has 0 aromatic heterocycles. The van der Waals surface area contributed by atoms with Gasteiger partial charge in [-0.3, -0.25) is 19.7 Å². The van der Waals surface area contributed by atoms with Crippen molar-refractivity contribution in [1.82, 2.24) is 5.32 Å². The van der Waals surface area contributed by atoms with Crippen LogP contribution in [-0.2, 0) is 4.79 Å². The van der Waals surface area contributed by atoms with Crippen LogP contribution in [-0.4, -0.2) is 23.7 Å². The van der Waals surface area contributed by atoms with Crippen molar-refractivity contribution in [2.24, 2.45) is 0 Å². The zero-order chi connectivity index (χ0) is 19.3. The summed E-state index contributed by atoms with van der Waals surface area (Å²) in [5.41, 5.74) is 0.418. The highest BCUT2D eigenvalue weighted by molar-refractivity contribution is 6.35. The van der Waals surface area contributed by atoms with Gasteiger partial charge in [0.15, 0.2) is 12.4 Å². The van der Waals surface area contributed by atoms with Gasteiger partial charge in [0.2, 0.25) is 0 Å². The van der Waals surface area contributed by atoms with E-state index in [9.17, 15) is 19.7 Å². The van der Waals surface area contributed by atoms with Gasteiger partial charge in [0.1, 0.15) is 6.29 Å². The van der Waals surface area contributed by atoms with E-state index in [0.29, 0.717) is 21.9 Å². The van der Waals surface area contributed by atoms with Crippen LogP contribution in [0.25, 0.3) is 0 Å². The zero-order valence-corrected chi connectivity index (χ0v) is 15.1. The van der Waals surface area contributed by atoms with Crippen molar-refractivity contribution < 1.29 is 19.2 Å². The molecule has 9 heteroatoms. The van der Waals surface area contributed by atoms with Crippen LogP contribution >= 0.6 is 23.2 Å². The van der Waals surface area contributed by atoms with Crippen molar-refractivity contribution in [3.63, 3.8) is 0 Å². The minimum atomic E-state index is -0.684. The molecule has 0 bridgehead atoms. The second-order valence-corrected chi connectivity index (χ2v) is 6.19. The number of nitro groups is 1. The van der Waals surface area contributed by atoms with Crippen molar-refractivity contribution >= 4 is 41.1 Å². The molecule has 1 atom stereocenters. The number of aldehydes is 1. The van der Waals surface area contributed by atoms with E-state index in [2.05, 4.69) is 5.32 Å². The Morgan fingerprint density at radius 2 is 2.04 bits per heavy atom. The van der Waals surface area contributed by atoms with Gasteiger partial charge in [-0.1, -0.05) is 29.3 Å². The highest BCUT2D eigenvalue weighted by Gasteiger charge is 2.18. The molecule has 2 aromatic carbocycles. The number of halogens is 2. The predicted molar refractivity (Wildman–Crippen MR) is 97.0 cm³/mol. The number of nitrogens with one attached hydrogen (secondary N) is 1. The number of hydrogen-bond acceptors (Lipinski definition) is 5.